The van der Waals surface area contributed by atoms with Gasteiger partial charge in [-0.3, -0.25) is 0 Å². The predicted octanol–water partition coefficient (Wildman–Crippen LogP) is 5.06. The molecule has 2 aromatic rings. The summed E-state index contributed by atoms with van der Waals surface area (Å²) in [4.78, 5) is 0. The third-order valence-electron chi connectivity index (χ3n) is 5.45. The number of hydrogen-bond acceptors (Lipinski definition) is 3. The van der Waals surface area contributed by atoms with Gasteiger partial charge in [-0.05, 0) is 61.8 Å². The van der Waals surface area contributed by atoms with Gasteiger partial charge in [0.2, 0.25) is 0 Å². The van der Waals surface area contributed by atoms with Gasteiger partial charge in [-0.25, -0.2) is 0 Å². The average molecular weight is 354 g/mol. The molecule has 1 N–H and O–H groups in total. The summed E-state index contributed by atoms with van der Waals surface area (Å²) in [5.41, 5.74) is 1.35. The Balaban J connectivity index is 1.46. The van der Waals surface area contributed by atoms with Crippen LogP contribution in [0.25, 0.3) is 0 Å². The highest BCUT2D eigenvalue weighted by Gasteiger charge is 2.27. The molecule has 0 radical (unpaired) electrons. The molecular formula is C23H31NO2. The van der Waals surface area contributed by atoms with Crippen LogP contribution in [0.3, 0.4) is 0 Å². The lowest BCUT2D eigenvalue weighted by atomic mass is 9.79. The first-order valence-corrected chi connectivity index (χ1v) is 9.80. The Morgan fingerprint density at radius 3 is 2.65 bits per heavy atom. The van der Waals surface area contributed by atoms with Crippen molar-refractivity contribution in [2.75, 3.05) is 13.7 Å². The number of nitrogens with one attached hydrogen (secondary N) is 1. The summed E-state index contributed by atoms with van der Waals surface area (Å²) in [6, 6.07) is 18.6. The van der Waals surface area contributed by atoms with Gasteiger partial charge >= 0.3 is 0 Å². The van der Waals surface area contributed by atoms with Crippen LogP contribution in [0.4, 0.5) is 0 Å². The highest BCUT2D eigenvalue weighted by Crippen LogP contribution is 2.33. The lowest BCUT2D eigenvalue weighted by molar-refractivity contribution is 0.102. The Labute approximate surface area is 157 Å². The molecule has 1 fully saturated rings. The topological polar surface area (TPSA) is 30.5 Å². The quantitative estimate of drug-likeness (QED) is 0.719. The number of benzene rings is 2. The van der Waals surface area contributed by atoms with Crippen LogP contribution in [0.5, 0.6) is 11.5 Å². The number of hydrogen-bond donors (Lipinski definition) is 1. The molecule has 3 atom stereocenters. The lowest BCUT2D eigenvalue weighted by Gasteiger charge is -2.33. The van der Waals surface area contributed by atoms with Crippen molar-refractivity contribution in [3.63, 3.8) is 0 Å². The van der Waals surface area contributed by atoms with E-state index in [0.29, 0.717) is 12.0 Å². The minimum atomic E-state index is 0.317. The maximum atomic E-state index is 6.25. The second-order valence-electron chi connectivity index (χ2n) is 7.44. The Bertz CT molecular complexity index is 658. The van der Waals surface area contributed by atoms with E-state index in [1.165, 1.54) is 18.4 Å². The van der Waals surface area contributed by atoms with Gasteiger partial charge in [0.25, 0.3) is 0 Å². The summed E-state index contributed by atoms with van der Waals surface area (Å²) in [5, 5.41) is 3.62. The fourth-order valence-electron chi connectivity index (χ4n) is 3.88. The van der Waals surface area contributed by atoms with Crippen LogP contribution in [0.1, 0.15) is 38.2 Å². The number of rotatable bonds is 8. The van der Waals surface area contributed by atoms with Crippen molar-refractivity contribution in [1.29, 1.82) is 0 Å². The second kappa shape index (κ2) is 9.63. The molecule has 1 saturated carbocycles. The molecule has 0 spiro atoms. The highest BCUT2D eigenvalue weighted by molar-refractivity contribution is 5.33. The Hall–Kier alpha value is -2.00. The van der Waals surface area contributed by atoms with E-state index in [-0.39, 0.29) is 0 Å². The zero-order chi connectivity index (χ0) is 18.2. The second-order valence-corrected chi connectivity index (χ2v) is 7.44. The molecule has 140 valence electrons. The molecule has 3 rings (SSSR count). The highest BCUT2D eigenvalue weighted by atomic mass is 16.5. The van der Waals surface area contributed by atoms with E-state index in [1.807, 2.05) is 24.3 Å². The minimum Gasteiger partial charge on any atom is -0.497 e. The molecule has 3 nitrogen and oxygen atoms in total. The van der Waals surface area contributed by atoms with E-state index in [0.717, 1.165) is 43.3 Å². The molecule has 2 aromatic carbocycles. The van der Waals surface area contributed by atoms with E-state index < -0.39 is 0 Å². The number of methoxy groups -OCH3 is 1. The van der Waals surface area contributed by atoms with Crippen molar-refractivity contribution in [2.24, 2.45) is 11.8 Å². The van der Waals surface area contributed by atoms with Gasteiger partial charge in [0.1, 0.15) is 11.5 Å². The van der Waals surface area contributed by atoms with Gasteiger partial charge in [0.15, 0.2) is 0 Å². The van der Waals surface area contributed by atoms with E-state index in [9.17, 15) is 0 Å². The first-order chi connectivity index (χ1) is 12.7. The summed E-state index contributed by atoms with van der Waals surface area (Å²) in [7, 11) is 1.69. The molecule has 0 heterocycles. The van der Waals surface area contributed by atoms with Gasteiger partial charge in [-0.1, -0.05) is 43.3 Å². The van der Waals surface area contributed by atoms with Gasteiger partial charge < -0.3 is 14.8 Å². The van der Waals surface area contributed by atoms with E-state index in [1.54, 1.807) is 7.11 Å². The van der Waals surface area contributed by atoms with Crippen molar-refractivity contribution >= 4 is 0 Å². The van der Waals surface area contributed by atoms with E-state index >= 15 is 0 Å². The molecule has 0 bridgehead atoms. The number of ether oxygens (including phenoxy) is 2. The average Bonchev–Trinajstić information content (AvgIpc) is 2.69. The predicted molar refractivity (Wildman–Crippen MR) is 107 cm³/mol. The molecule has 1 aliphatic rings. The summed E-state index contributed by atoms with van der Waals surface area (Å²) in [5.74, 6) is 3.16. The van der Waals surface area contributed by atoms with Gasteiger partial charge in [-0.2, -0.15) is 0 Å². The first kappa shape index (κ1) is 18.8. The monoisotopic (exact) mass is 353 g/mol. The Kier molecular flexibility index (Phi) is 6.96. The molecule has 0 aromatic heterocycles. The lowest BCUT2D eigenvalue weighted by Crippen LogP contribution is -2.33. The molecule has 1 aliphatic carbocycles. The van der Waals surface area contributed by atoms with E-state index in [2.05, 4.69) is 42.6 Å². The zero-order valence-corrected chi connectivity index (χ0v) is 16.0. The van der Waals surface area contributed by atoms with Crippen molar-refractivity contribution in [3.05, 3.63) is 60.2 Å². The molecule has 0 aliphatic heterocycles. The third-order valence-corrected chi connectivity index (χ3v) is 5.45. The molecule has 0 amide bonds. The third kappa shape index (κ3) is 5.50. The fourth-order valence-corrected chi connectivity index (χ4v) is 3.88. The Morgan fingerprint density at radius 1 is 1.04 bits per heavy atom. The zero-order valence-electron chi connectivity index (χ0n) is 16.0. The smallest absolute Gasteiger partial charge is 0.123 e. The van der Waals surface area contributed by atoms with Crippen LogP contribution in [0.15, 0.2) is 54.6 Å². The van der Waals surface area contributed by atoms with Gasteiger partial charge in [0.05, 0.1) is 13.2 Å². The van der Waals surface area contributed by atoms with Crippen molar-refractivity contribution in [1.82, 2.24) is 5.32 Å². The first-order valence-electron chi connectivity index (χ1n) is 9.80. The molecular weight excluding hydrogens is 322 g/mol. The standard InChI is InChI=1S/C23H31NO2/c1-18(16-24-17-19-8-4-3-5-9-19)20-10-6-12-22(14-20)26-23-13-7-11-21(15-23)25-2/h3-5,7-9,11,13,15,18,20,22,24H,6,10,12,14,16-17H2,1-2H3/t18?,20?,22-/m1/s1. The maximum absolute atomic E-state index is 6.25. The summed E-state index contributed by atoms with van der Waals surface area (Å²) >= 11 is 0. The summed E-state index contributed by atoms with van der Waals surface area (Å²) in [6.45, 7) is 4.38. The largest absolute Gasteiger partial charge is 0.497 e. The van der Waals surface area contributed by atoms with Crippen LogP contribution < -0.4 is 14.8 Å². The fraction of sp³-hybridized carbons (Fsp3) is 0.478. The van der Waals surface area contributed by atoms with Crippen LogP contribution in [-0.4, -0.2) is 19.8 Å². The summed E-state index contributed by atoms with van der Waals surface area (Å²) < 4.78 is 11.5. The van der Waals surface area contributed by atoms with E-state index in [4.69, 9.17) is 9.47 Å². The summed E-state index contributed by atoms with van der Waals surface area (Å²) in [6.07, 6.45) is 5.18. The molecule has 3 heteroatoms. The van der Waals surface area contributed by atoms with Gasteiger partial charge in [0, 0.05) is 12.6 Å². The van der Waals surface area contributed by atoms with Crippen LogP contribution in [0.2, 0.25) is 0 Å². The minimum absolute atomic E-state index is 0.317. The maximum Gasteiger partial charge on any atom is 0.123 e. The van der Waals surface area contributed by atoms with Crippen LogP contribution in [-0.2, 0) is 6.54 Å². The van der Waals surface area contributed by atoms with Crippen molar-refractivity contribution in [2.45, 2.75) is 45.3 Å². The van der Waals surface area contributed by atoms with Crippen LogP contribution >= 0.6 is 0 Å². The van der Waals surface area contributed by atoms with Crippen LogP contribution in [0, 0.1) is 11.8 Å². The van der Waals surface area contributed by atoms with Crippen molar-refractivity contribution in [3.8, 4) is 11.5 Å². The van der Waals surface area contributed by atoms with Gasteiger partial charge in [-0.15, -0.1) is 0 Å². The Morgan fingerprint density at radius 2 is 1.85 bits per heavy atom. The van der Waals surface area contributed by atoms with Crippen molar-refractivity contribution < 1.29 is 9.47 Å². The SMILES string of the molecule is COc1cccc(O[C@@H]2CCCC(C(C)CNCc3ccccc3)C2)c1. The molecule has 0 saturated heterocycles. The normalized spacial score (nSPS) is 21.2. The molecule has 26 heavy (non-hydrogen) atoms. The molecule has 2 unspecified atom stereocenters.